The summed E-state index contributed by atoms with van der Waals surface area (Å²) in [7, 11) is 0. The third kappa shape index (κ3) is 7.30. The smallest absolute Gasteiger partial charge is 0.160 e. The van der Waals surface area contributed by atoms with Gasteiger partial charge in [-0.05, 0) is 100 Å². The minimum Gasteiger partial charge on any atom is -0.308 e. The molecule has 0 amide bonds. The first-order valence-electron chi connectivity index (χ1n) is 21.5. The fourth-order valence-corrected chi connectivity index (χ4v) is 8.86. The second kappa shape index (κ2) is 16.6. The molecule has 2 heterocycles. The maximum Gasteiger partial charge on any atom is 0.160 e. The number of hydrogen-bond donors (Lipinski definition) is 0. The average Bonchev–Trinajstić information content (AvgIpc) is 3.71. The number of hydrogen-bond acceptors (Lipinski definition) is 4. The summed E-state index contributed by atoms with van der Waals surface area (Å²) >= 11 is 0. The lowest BCUT2D eigenvalue weighted by Crippen LogP contribution is -2.03. The summed E-state index contributed by atoms with van der Waals surface area (Å²) in [6.45, 7) is 0. The van der Waals surface area contributed by atoms with Crippen LogP contribution < -0.4 is 0 Å². The van der Waals surface area contributed by atoms with Gasteiger partial charge in [0, 0.05) is 38.6 Å². The summed E-state index contributed by atoms with van der Waals surface area (Å²) in [5.74, 6) is 0.622. The molecule has 0 fully saturated rings. The molecular formula is C60H37N5. The number of nitriles is 2. The monoisotopic (exact) mass is 827 g/mol. The lowest BCUT2D eigenvalue weighted by Gasteiger charge is -2.21. The van der Waals surface area contributed by atoms with Gasteiger partial charge in [-0.15, -0.1) is 0 Å². The van der Waals surface area contributed by atoms with E-state index in [0.29, 0.717) is 17.0 Å². The molecule has 0 aliphatic heterocycles. The normalized spacial score (nSPS) is 11.0. The van der Waals surface area contributed by atoms with E-state index in [1.54, 1.807) is 0 Å². The summed E-state index contributed by atoms with van der Waals surface area (Å²) in [5.41, 5.74) is 16.9. The van der Waals surface area contributed by atoms with Gasteiger partial charge in [0.25, 0.3) is 0 Å². The average molecular weight is 828 g/mol. The molecule has 9 aromatic carbocycles. The fourth-order valence-electron chi connectivity index (χ4n) is 8.86. The summed E-state index contributed by atoms with van der Waals surface area (Å²) in [5, 5.41) is 22.1. The number of fused-ring (bicyclic) bond motifs is 3. The van der Waals surface area contributed by atoms with Crippen molar-refractivity contribution in [1.82, 2.24) is 14.5 Å². The first kappa shape index (κ1) is 38.7. The van der Waals surface area contributed by atoms with Crippen LogP contribution >= 0.6 is 0 Å². The van der Waals surface area contributed by atoms with Crippen molar-refractivity contribution in [3.05, 3.63) is 236 Å². The molecular weight excluding hydrogens is 791 g/mol. The van der Waals surface area contributed by atoms with Gasteiger partial charge in [0.05, 0.1) is 51.4 Å². The second-order valence-corrected chi connectivity index (χ2v) is 16.0. The Morgan fingerprint density at radius 2 is 0.708 bits per heavy atom. The maximum atomic E-state index is 9.93. The van der Waals surface area contributed by atoms with E-state index in [-0.39, 0.29) is 0 Å². The van der Waals surface area contributed by atoms with E-state index in [2.05, 4.69) is 132 Å². The summed E-state index contributed by atoms with van der Waals surface area (Å²) in [6.07, 6.45) is 0. The van der Waals surface area contributed by atoms with E-state index in [9.17, 15) is 10.5 Å². The van der Waals surface area contributed by atoms with Gasteiger partial charge < -0.3 is 4.57 Å². The van der Waals surface area contributed by atoms with Gasteiger partial charge in [-0.1, -0.05) is 158 Å². The van der Waals surface area contributed by atoms with Crippen LogP contribution in [0.4, 0.5) is 0 Å². The van der Waals surface area contributed by atoms with Crippen molar-refractivity contribution < 1.29 is 0 Å². The fraction of sp³-hybridized carbons (Fsp3) is 0. The summed E-state index contributed by atoms with van der Waals surface area (Å²) in [4.78, 5) is 10.4. The van der Waals surface area contributed by atoms with Gasteiger partial charge in [0.15, 0.2) is 5.82 Å². The van der Waals surface area contributed by atoms with Crippen LogP contribution in [0.25, 0.3) is 106 Å². The van der Waals surface area contributed by atoms with Gasteiger partial charge >= 0.3 is 0 Å². The molecule has 0 radical (unpaired) electrons. The zero-order valence-corrected chi connectivity index (χ0v) is 35.1. The highest BCUT2D eigenvalue weighted by Gasteiger charge is 2.24. The highest BCUT2D eigenvalue weighted by Crippen LogP contribution is 2.45. The highest BCUT2D eigenvalue weighted by molar-refractivity contribution is 6.13. The minimum absolute atomic E-state index is 0.577. The van der Waals surface area contributed by atoms with Crippen molar-refractivity contribution >= 4 is 21.8 Å². The number of benzene rings is 9. The van der Waals surface area contributed by atoms with E-state index >= 15 is 0 Å². The predicted molar refractivity (Wildman–Crippen MR) is 264 cm³/mol. The summed E-state index contributed by atoms with van der Waals surface area (Å²) in [6, 6.07) is 81.6. The maximum absolute atomic E-state index is 9.93. The Morgan fingerprint density at radius 3 is 1.14 bits per heavy atom. The van der Waals surface area contributed by atoms with Crippen LogP contribution in [0.5, 0.6) is 0 Å². The van der Waals surface area contributed by atoms with E-state index in [4.69, 9.17) is 9.97 Å². The summed E-state index contributed by atoms with van der Waals surface area (Å²) < 4.78 is 2.39. The van der Waals surface area contributed by atoms with Crippen molar-refractivity contribution in [3.8, 4) is 96.2 Å². The lowest BCUT2D eigenvalue weighted by atomic mass is 9.91. The highest BCUT2D eigenvalue weighted by atomic mass is 15.0. The van der Waals surface area contributed by atoms with E-state index in [0.717, 1.165) is 100 Å². The van der Waals surface area contributed by atoms with Crippen LogP contribution in [0.15, 0.2) is 224 Å². The van der Waals surface area contributed by atoms with Gasteiger partial charge in [0.2, 0.25) is 0 Å². The largest absolute Gasteiger partial charge is 0.308 e. The molecule has 0 saturated heterocycles. The molecule has 5 heteroatoms. The molecule has 0 aliphatic rings. The van der Waals surface area contributed by atoms with Crippen molar-refractivity contribution in [2.75, 3.05) is 0 Å². The minimum atomic E-state index is 0.577. The SMILES string of the molecule is N#Cc1ccc(-c2cc(-c3cc(-c4ccccc4)nc(-c4ccccc4)n3)cc(-c3ccc(C#N)cc3)c2-n2c3ccc(-c4ccccc4)cc3c3cc(-c4ccccc4)ccc32)cc1. The standard InChI is InChI=1S/C60H37N5/c61-38-40-21-25-44(26-22-40)51-35-50(56-37-55(46-17-9-3-10-18-46)63-60(64-56)47-19-11-4-12-20-47)36-52(45-27-23-41(39-62)24-28-45)59(51)65-57-31-29-48(42-13-5-1-6-14-42)33-53(57)54-34-49(30-32-58(54)65)43-15-7-2-8-16-43/h1-37H. The van der Waals surface area contributed by atoms with Crippen LogP contribution in [-0.4, -0.2) is 14.5 Å². The van der Waals surface area contributed by atoms with E-state index in [1.165, 1.54) is 0 Å². The quantitative estimate of drug-likeness (QED) is 0.153. The molecule has 0 N–H and O–H groups in total. The topological polar surface area (TPSA) is 78.3 Å². The van der Waals surface area contributed by atoms with Crippen molar-refractivity contribution in [2.45, 2.75) is 0 Å². The third-order valence-electron chi connectivity index (χ3n) is 12.1. The molecule has 0 atom stereocenters. The molecule has 2 aromatic heterocycles. The van der Waals surface area contributed by atoms with Crippen molar-refractivity contribution in [3.63, 3.8) is 0 Å². The predicted octanol–water partition coefficient (Wildman–Crippen LogP) is 15.0. The van der Waals surface area contributed by atoms with Crippen molar-refractivity contribution in [1.29, 1.82) is 10.5 Å². The Kier molecular flexibility index (Phi) is 9.90. The first-order valence-corrected chi connectivity index (χ1v) is 21.5. The van der Waals surface area contributed by atoms with Gasteiger partial charge in [-0.2, -0.15) is 10.5 Å². The zero-order valence-electron chi connectivity index (χ0n) is 35.1. The van der Waals surface area contributed by atoms with E-state index < -0.39 is 0 Å². The van der Waals surface area contributed by atoms with Gasteiger partial charge in [-0.3, -0.25) is 0 Å². The number of aromatic nitrogens is 3. The molecule has 0 spiro atoms. The van der Waals surface area contributed by atoms with Crippen molar-refractivity contribution in [2.24, 2.45) is 0 Å². The molecule has 0 unspecified atom stereocenters. The lowest BCUT2D eigenvalue weighted by molar-refractivity contribution is 1.17. The molecule has 11 aromatic rings. The number of nitrogens with zero attached hydrogens (tertiary/aromatic N) is 5. The Balaban J connectivity index is 1.26. The molecule has 0 aliphatic carbocycles. The molecule has 0 saturated carbocycles. The van der Waals surface area contributed by atoms with Crippen LogP contribution in [0, 0.1) is 22.7 Å². The Labute approximate surface area is 377 Å². The Morgan fingerprint density at radius 1 is 0.323 bits per heavy atom. The second-order valence-electron chi connectivity index (χ2n) is 16.0. The van der Waals surface area contributed by atoms with Crippen LogP contribution in [0.2, 0.25) is 0 Å². The van der Waals surface area contributed by atoms with E-state index in [1.807, 2.05) is 109 Å². The zero-order chi connectivity index (χ0) is 43.7. The molecule has 0 bridgehead atoms. The van der Waals surface area contributed by atoms with Crippen LogP contribution in [0.1, 0.15) is 11.1 Å². The first-order chi connectivity index (χ1) is 32.1. The third-order valence-corrected chi connectivity index (χ3v) is 12.1. The number of rotatable bonds is 8. The van der Waals surface area contributed by atoms with Crippen LogP contribution in [0.3, 0.4) is 0 Å². The van der Waals surface area contributed by atoms with Crippen LogP contribution in [-0.2, 0) is 0 Å². The Hall–Kier alpha value is -9.16. The van der Waals surface area contributed by atoms with Gasteiger partial charge in [0.1, 0.15) is 0 Å². The molecule has 11 rings (SSSR count). The Bertz CT molecular complexity index is 3390. The molecule has 5 nitrogen and oxygen atoms in total. The molecule has 65 heavy (non-hydrogen) atoms. The van der Waals surface area contributed by atoms with Gasteiger partial charge in [-0.25, -0.2) is 9.97 Å². The molecule has 302 valence electrons.